The average Bonchev–Trinajstić information content (AvgIpc) is 2.66. The molecule has 0 radical (unpaired) electrons. The topological polar surface area (TPSA) is 30.5 Å². The number of rotatable bonds is 8. The van der Waals surface area contributed by atoms with Gasteiger partial charge in [0.2, 0.25) is 0 Å². The minimum Gasteiger partial charge on any atom is -0.490 e. The van der Waals surface area contributed by atoms with Crippen LogP contribution in [0.4, 0.5) is 5.69 Å². The van der Waals surface area contributed by atoms with E-state index in [1.165, 1.54) is 0 Å². The number of anilines is 1. The van der Waals surface area contributed by atoms with Crippen LogP contribution in [0.1, 0.15) is 18.1 Å². The van der Waals surface area contributed by atoms with Crippen molar-refractivity contribution < 1.29 is 9.47 Å². The van der Waals surface area contributed by atoms with Gasteiger partial charge in [-0.3, -0.25) is 0 Å². The highest BCUT2D eigenvalue weighted by Gasteiger charge is 2.09. The molecule has 0 saturated carbocycles. The summed E-state index contributed by atoms with van der Waals surface area (Å²) in [6, 6.07) is 16.5. The molecule has 7 heteroatoms. The molecule has 0 bridgehead atoms. The molecule has 0 spiro atoms. The van der Waals surface area contributed by atoms with Crippen LogP contribution in [0.15, 0.2) is 54.6 Å². The van der Waals surface area contributed by atoms with Gasteiger partial charge in [-0.1, -0.05) is 58.5 Å². The Morgan fingerprint density at radius 2 is 1.52 bits per heavy atom. The first kappa shape index (κ1) is 21.9. The normalized spacial score (nSPS) is 10.7. The maximum absolute atomic E-state index is 6.22. The van der Waals surface area contributed by atoms with Crippen molar-refractivity contribution in [1.82, 2.24) is 0 Å². The maximum Gasteiger partial charge on any atom is 0.161 e. The summed E-state index contributed by atoms with van der Waals surface area (Å²) in [5.74, 6) is 1.31. The molecule has 0 unspecified atom stereocenters. The smallest absolute Gasteiger partial charge is 0.161 e. The second-order valence-electron chi connectivity index (χ2n) is 6.25. The quantitative estimate of drug-likeness (QED) is 0.363. The fourth-order valence-corrected chi connectivity index (χ4v) is 3.69. The van der Waals surface area contributed by atoms with E-state index in [0.717, 1.165) is 16.8 Å². The second kappa shape index (κ2) is 10.3. The summed E-state index contributed by atoms with van der Waals surface area (Å²) >= 11 is 24.3. The van der Waals surface area contributed by atoms with Gasteiger partial charge in [0, 0.05) is 37.9 Å². The Labute approximate surface area is 190 Å². The minimum atomic E-state index is 0.314. The lowest BCUT2D eigenvalue weighted by atomic mass is 10.2. The van der Waals surface area contributed by atoms with Gasteiger partial charge in [-0.2, -0.15) is 0 Å². The molecular weight excluding hydrogens is 452 g/mol. The van der Waals surface area contributed by atoms with Crippen molar-refractivity contribution in [3.8, 4) is 11.5 Å². The van der Waals surface area contributed by atoms with Crippen LogP contribution in [0.5, 0.6) is 11.5 Å². The number of nitrogens with one attached hydrogen (secondary N) is 1. The predicted molar refractivity (Wildman–Crippen MR) is 122 cm³/mol. The van der Waals surface area contributed by atoms with E-state index in [1.807, 2.05) is 43.3 Å². The van der Waals surface area contributed by atoms with Gasteiger partial charge in [0.1, 0.15) is 6.61 Å². The van der Waals surface area contributed by atoms with Crippen LogP contribution in [-0.2, 0) is 13.2 Å². The molecule has 0 aliphatic heterocycles. The predicted octanol–water partition coefficient (Wildman–Crippen LogP) is 7.89. The molecule has 3 aromatic carbocycles. The molecule has 0 aromatic heterocycles. The molecule has 0 heterocycles. The summed E-state index contributed by atoms with van der Waals surface area (Å²) in [6.07, 6.45) is 0. The van der Waals surface area contributed by atoms with E-state index in [1.54, 1.807) is 18.2 Å². The molecule has 1 N–H and O–H groups in total. The van der Waals surface area contributed by atoms with E-state index in [2.05, 4.69) is 5.32 Å². The summed E-state index contributed by atoms with van der Waals surface area (Å²) in [7, 11) is 0. The molecule has 3 rings (SSSR count). The van der Waals surface area contributed by atoms with Gasteiger partial charge in [0.15, 0.2) is 11.5 Å². The van der Waals surface area contributed by atoms with Crippen LogP contribution in [-0.4, -0.2) is 6.61 Å². The Balaban J connectivity index is 1.70. The first-order valence-electron chi connectivity index (χ1n) is 8.97. The van der Waals surface area contributed by atoms with Crippen molar-refractivity contribution in [3.05, 3.63) is 85.8 Å². The lowest BCUT2D eigenvalue weighted by Gasteiger charge is -2.15. The number of benzene rings is 3. The molecule has 29 heavy (non-hydrogen) atoms. The average molecular weight is 471 g/mol. The van der Waals surface area contributed by atoms with Crippen LogP contribution >= 0.6 is 46.4 Å². The first-order chi connectivity index (χ1) is 13.9. The van der Waals surface area contributed by atoms with E-state index in [9.17, 15) is 0 Å². The molecule has 3 aromatic rings. The Kier molecular flexibility index (Phi) is 7.79. The van der Waals surface area contributed by atoms with Gasteiger partial charge < -0.3 is 14.8 Å². The SMILES string of the molecule is CCOc1cc(CNc2cc(Cl)cc(Cl)c2)ccc1OCc1ccc(Cl)cc1Cl. The Morgan fingerprint density at radius 3 is 2.21 bits per heavy atom. The monoisotopic (exact) mass is 469 g/mol. The molecular formula is C22H19Cl4NO2. The molecule has 0 amide bonds. The highest BCUT2D eigenvalue weighted by molar-refractivity contribution is 6.35. The van der Waals surface area contributed by atoms with Crippen molar-refractivity contribution in [1.29, 1.82) is 0 Å². The lowest BCUT2D eigenvalue weighted by molar-refractivity contribution is 0.269. The van der Waals surface area contributed by atoms with Crippen LogP contribution in [0, 0.1) is 0 Å². The molecule has 0 fully saturated rings. The Morgan fingerprint density at radius 1 is 0.759 bits per heavy atom. The molecule has 3 nitrogen and oxygen atoms in total. The van der Waals surface area contributed by atoms with Gasteiger partial charge in [-0.25, -0.2) is 0 Å². The van der Waals surface area contributed by atoms with E-state index in [-0.39, 0.29) is 0 Å². The van der Waals surface area contributed by atoms with Crippen LogP contribution in [0.3, 0.4) is 0 Å². The summed E-state index contributed by atoms with van der Waals surface area (Å²) in [4.78, 5) is 0. The van der Waals surface area contributed by atoms with Gasteiger partial charge in [0.25, 0.3) is 0 Å². The van der Waals surface area contributed by atoms with Crippen LogP contribution < -0.4 is 14.8 Å². The summed E-state index contributed by atoms with van der Waals surface area (Å²) in [5.41, 5.74) is 2.72. The van der Waals surface area contributed by atoms with Crippen molar-refractivity contribution in [3.63, 3.8) is 0 Å². The first-order valence-corrected chi connectivity index (χ1v) is 10.5. The van der Waals surface area contributed by atoms with Gasteiger partial charge in [-0.15, -0.1) is 0 Å². The number of ether oxygens (including phenoxy) is 2. The summed E-state index contributed by atoms with van der Waals surface area (Å²) < 4.78 is 11.7. The standard InChI is InChI=1S/C22H19Cl4NO2/c1-2-28-22-7-14(12-27-19-9-17(24)8-18(25)10-19)3-6-21(22)29-13-15-4-5-16(23)11-20(15)26/h3-11,27H,2,12-13H2,1H3. The molecule has 152 valence electrons. The highest BCUT2D eigenvalue weighted by Crippen LogP contribution is 2.31. The molecule has 0 saturated heterocycles. The van der Waals surface area contributed by atoms with Gasteiger partial charge in [0.05, 0.1) is 6.61 Å². The maximum atomic E-state index is 6.22. The van der Waals surface area contributed by atoms with Crippen molar-refractivity contribution in [2.24, 2.45) is 0 Å². The van der Waals surface area contributed by atoms with E-state index < -0.39 is 0 Å². The zero-order valence-corrected chi connectivity index (χ0v) is 18.7. The van der Waals surface area contributed by atoms with E-state index in [0.29, 0.717) is 51.3 Å². The zero-order chi connectivity index (χ0) is 20.8. The lowest BCUT2D eigenvalue weighted by Crippen LogP contribution is -2.03. The second-order valence-corrected chi connectivity index (χ2v) is 7.97. The van der Waals surface area contributed by atoms with Crippen molar-refractivity contribution in [2.45, 2.75) is 20.1 Å². The third-order valence-electron chi connectivity index (χ3n) is 4.07. The Bertz CT molecular complexity index is 974. The summed E-state index contributed by atoms with van der Waals surface area (Å²) in [6.45, 7) is 3.35. The summed E-state index contributed by atoms with van der Waals surface area (Å²) in [5, 5.41) is 5.63. The van der Waals surface area contributed by atoms with Crippen LogP contribution in [0.2, 0.25) is 20.1 Å². The highest BCUT2D eigenvalue weighted by atomic mass is 35.5. The van der Waals surface area contributed by atoms with Gasteiger partial charge in [-0.05, 0) is 55.0 Å². The minimum absolute atomic E-state index is 0.314. The van der Waals surface area contributed by atoms with Crippen LogP contribution in [0.25, 0.3) is 0 Å². The van der Waals surface area contributed by atoms with Crippen molar-refractivity contribution in [2.75, 3.05) is 11.9 Å². The molecule has 0 atom stereocenters. The zero-order valence-electron chi connectivity index (χ0n) is 15.6. The molecule has 0 aliphatic rings. The number of halogens is 4. The Hall–Kier alpha value is -1.78. The van der Waals surface area contributed by atoms with Crippen molar-refractivity contribution >= 4 is 52.1 Å². The van der Waals surface area contributed by atoms with E-state index >= 15 is 0 Å². The number of hydrogen-bond acceptors (Lipinski definition) is 3. The third kappa shape index (κ3) is 6.35. The fraction of sp³-hybridized carbons (Fsp3) is 0.182. The van der Waals surface area contributed by atoms with Gasteiger partial charge >= 0.3 is 0 Å². The number of hydrogen-bond donors (Lipinski definition) is 1. The fourth-order valence-electron chi connectivity index (χ4n) is 2.70. The molecule has 0 aliphatic carbocycles. The largest absolute Gasteiger partial charge is 0.490 e. The third-order valence-corrected chi connectivity index (χ3v) is 5.09. The van der Waals surface area contributed by atoms with E-state index in [4.69, 9.17) is 55.9 Å².